The summed E-state index contributed by atoms with van der Waals surface area (Å²) in [7, 11) is 0. The summed E-state index contributed by atoms with van der Waals surface area (Å²) < 4.78 is 0. The van der Waals surface area contributed by atoms with Gasteiger partial charge in [-0.2, -0.15) is 0 Å². The van der Waals surface area contributed by atoms with Gasteiger partial charge < -0.3 is 21.7 Å². The van der Waals surface area contributed by atoms with E-state index in [1.807, 2.05) is 0 Å². The van der Waals surface area contributed by atoms with Crippen LogP contribution in [0.15, 0.2) is 29.3 Å². The molecule has 0 spiro atoms. The topological polar surface area (TPSA) is 143 Å². The smallest absolute Gasteiger partial charge is 0.246 e. The van der Waals surface area contributed by atoms with Crippen molar-refractivity contribution in [3.8, 4) is 0 Å². The molecule has 2 atom stereocenters. The third kappa shape index (κ3) is 10.2. The Morgan fingerprint density at radius 2 is 1.56 bits per heavy atom. The second-order valence-corrected chi connectivity index (χ2v) is 8.18. The monoisotopic (exact) mass is 445 g/mol. The lowest BCUT2D eigenvalue weighted by Crippen LogP contribution is -2.52. The first-order valence-electron chi connectivity index (χ1n) is 10.8. The molecule has 9 heteroatoms. The van der Waals surface area contributed by atoms with Crippen molar-refractivity contribution in [1.29, 1.82) is 0 Å². The Morgan fingerprint density at radius 3 is 2.09 bits per heavy atom. The molecular formula is C23H35N5O4. The molecule has 1 aromatic rings. The van der Waals surface area contributed by atoms with Crippen LogP contribution in [0.2, 0.25) is 0 Å². The van der Waals surface area contributed by atoms with E-state index in [4.69, 9.17) is 5.73 Å². The lowest BCUT2D eigenvalue weighted by Gasteiger charge is -2.22. The molecule has 0 heterocycles. The average molecular weight is 446 g/mol. The number of amides is 3. The van der Waals surface area contributed by atoms with E-state index in [0.717, 1.165) is 5.56 Å². The maximum atomic E-state index is 12.7. The second-order valence-electron chi connectivity index (χ2n) is 8.18. The molecule has 0 radical (unpaired) electrons. The number of rotatable bonds is 12. The first kappa shape index (κ1) is 26.8. The van der Waals surface area contributed by atoms with Crippen molar-refractivity contribution in [3.05, 3.63) is 29.8 Å². The highest BCUT2D eigenvalue weighted by atomic mass is 16.2. The third-order valence-corrected chi connectivity index (χ3v) is 4.60. The van der Waals surface area contributed by atoms with Crippen LogP contribution in [0.1, 0.15) is 53.0 Å². The number of carbonyl (C=O) groups is 4. The predicted molar refractivity (Wildman–Crippen MR) is 125 cm³/mol. The molecule has 0 aliphatic carbocycles. The summed E-state index contributed by atoms with van der Waals surface area (Å²) in [5.74, 6) is -0.839. The van der Waals surface area contributed by atoms with Crippen molar-refractivity contribution in [2.75, 3.05) is 11.9 Å². The van der Waals surface area contributed by atoms with Gasteiger partial charge in [0.15, 0.2) is 0 Å². The molecule has 5 N–H and O–H groups in total. The molecule has 0 aromatic heterocycles. The predicted octanol–water partition coefficient (Wildman–Crippen LogP) is 1.56. The van der Waals surface area contributed by atoms with Gasteiger partial charge >= 0.3 is 0 Å². The Bertz CT molecular complexity index is 829. The Morgan fingerprint density at radius 1 is 0.938 bits per heavy atom. The van der Waals surface area contributed by atoms with Crippen LogP contribution in [0.5, 0.6) is 0 Å². The summed E-state index contributed by atoms with van der Waals surface area (Å²) in [6, 6.07) is 5.35. The standard InChI is InChI=1S/C23H35N5O4/c1-14(2)21(30)28-20(7-6-12-25-17(5)24)23(32)26-16(4)22(31)27-19-10-8-18(9-11-19)13-15(3)29/h8-11,14,16,20H,6-7,12-13H2,1-5H3,(H2,24,25)(H,26,32)(H,27,31)(H,28,30)/t16-,20-/m0/s1. The van der Waals surface area contributed by atoms with Crippen molar-refractivity contribution >= 4 is 35.0 Å². The molecular weight excluding hydrogens is 410 g/mol. The zero-order valence-electron chi connectivity index (χ0n) is 19.5. The molecule has 3 amide bonds. The van der Waals surface area contributed by atoms with Crippen LogP contribution in [0.25, 0.3) is 0 Å². The minimum Gasteiger partial charge on any atom is -0.388 e. The number of hydrogen-bond donors (Lipinski definition) is 4. The Balaban J connectivity index is 2.70. The molecule has 9 nitrogen and oxygen atoms in total. The van der Waals surface area contributed by atoms with Gasteiger partial charge in [0.05, 0.1) is 5.84 Å². The summed E-state index contributed by atoms with van der Waals surface area (Å²) in [6.07, 6.45) is 1.26. The molecule has 0 fully saturated rings. The largest absolute Gasteiger partial charge is 0.388 e. The molecule has 176 valence electrons. The van der Waals surface area contributed by atoms with Gasteiger partial charge in [0.2, 0.25) is 17.7 Å². The van der Waals surface area contributed by atoms with Crippen molar-refractivity contribution in [2.45, 2.75) is 66.0 Å². The van der Waals surface area contributed by atoms with Crippen molar-refractivity contribution in [3.63, 3.8) is 0 Å². The quantitative estimate of drug-likeness (QED) is 0.219. The number of nitrogens with zero attached hydrogens (tertiary/aromatic N) is 1. The van der Waals surface area contributed by atoms with Gasteiger partial charge in [-0.05, 0) is 51.3 Å². The zero-order valence-corrected chi connectivity index (χ0v) is 19.5. The van der Waals surface area contributed by atoms with Crippen LogP contribution < -0.4 is 21.7 Å². The molecule has 0 aliphatic heterocycles. The number of ketones is 1. The number of hydrogen-bond acceptors (Lipinski definition) is 5. The number of aliphatic imine (C=N–C) groups is 1. The Hall–Kier alpha value is -3.23. The lowest BCUT2D eigenvalue weighted by molar-refractivity contribution is -0.132. The molecule has 0 bridgehead atoms. The fourth-order valence-electron chi connectivity index (χ4n) is 2.78. The maximum Gasteiger partial charge on any atom is 0.246 e. The van der Waals surface area contributed by atoms with Gasteiger partial charge in [-0.3, -0.25) is 24.2 Å². The van der Waals surface area contributed by atoms with E-state index >= 15 is 0 Å². The van der Waals surface area contributed by atoms with Crippen LogP contribution in [0.4, 0.5) is 5.69 Å². The summed E-state index contributed by atoms with van der Waals surface area (Å²) in [5, 5.41) is 8.12. The van der Waals surface area contributed by atoms with Crippen molar-refractivity contribution in [2.24, 2.45) is 16.6 Å². The van der Waals surface area contributed by atoms with Crippen molar-refractivity contribution in [1.82, 2.24) is 10.6 Å². The molecule has 0 aliphatic rings. The molecule has 0 unspecified atom stereocenters. The van der Waals surface area contributed by atoms with Gasteiger partial charge in [-0.25, -0.2) is 0 Å². The highest BCUT2D eigenvalue weighted by Crippen LogP contribution is 2.11. The van der Waals surface area contributed by atoms with Crippen LogP contribution in [-0.4, -0.2) is 48.0 Å². The van der Waals surface area contributed by atoms with Gasteiger partial charge in [-0.15, -0.1) is 0 Å². The summed E-state index contributed by atoms with van der Waals surface area (Å²) in [5.41, 5.74) is 6.94. The second kappa shape index (κ2) is 13.2. The minimum atomic E-state index is -0.817. The van der Waals surface area contributed by atoms with Gasteiger partial charge in [0.1, 0.15) is 17.9 Å². The third-order valence-electron chi connectivity index (χ3n) is 4.60. The lowest BCUT2D eigenvalue weighted by atomic mass is 10.1. The number of nitrogens with two attached hydrogens (primary N) is 1. The van der Waals surface area contributed by atoms with Crippen LogP contribution in [0, 0.1) is 5.92 Å². The molecule has 1 rings (SSSR count). The number of nitrogens with one attached hydrogen (secondary N) is 3. The van der Waals surface area contributed by atoms with E-state index in [-0.39, 0.29) is 17.6 Å². The maximum absolute atomic E-state index is 12.7. The van der Waals surface area contributed by atoms with Gasteiger partial charge in [0.25, 0.3) is 0 Å². The van der Waals surface area contributed by atoms with E-state index in [2.05, 4.69) is 20.9 Å². The van der Waals surface area contributed by atoms with Crippen LogP contribution in [-0.2, 0) is 25.6 Å². The highest BCUT2D eigenvalue weighted by Gasteiger charge is 2.25. The van der Waals surface area contributed by atoms with Gasteiger partial charge in [-0.1, -0.05) is 26.0 Å². The normalized spacial score (nSPS) is 13.2. The molecule has 0 saturated heterocycles. The number of amidine groups is 1. The number of carbonyl (C=O) groups excluding carboxylic acids is 4. The number of anilines is 1. The van der Waals surface area contributed by atoms with Crippen LogP contribution in [0.3, 0.4) is 0 Å². The summed E-state index contributed by atoms with van der Waals surface area (Å²) in [6.45, 7) is 8.69. The average Bonchev–Trinajstić information content (AvgIpc) is 2.70. The van der Waals surface area contributed by atoms with E-state index in [0.29, 0.717) is 37.3 Å². The van der Waals surface area contributed by atoms with Gasteiger partial charge in [0, 0.05) is 24.6 Å². The zero-order chi connectivity index (χ0) is 24.3. The van der Waals surface area contributed by atoms with E-state index in [1.54, 1.807) is 52.0 Å². The first-order chi connectivity index (χ1) is 15.0. The molecule has 32 heavy (non-hydrogen) atoms. The van der Waals surface area contributed by atoms with E-state index in [1.165, 1.54) is 6.92 Å². The van der Waals surface area contributed by atoms with Crippen LogP contribution >= 0.6 is 0 Å². The fourth-order valence-corrected chi connectivity index (χ4v) is 2.78. The van der Waals surface area contributed by atoms with E-state index < -0.39 is 23.9 Å². The van der Waals surface area contributed by atoms with E-state index in [9.17, 15) is 19.2 Å². The SMILES string of the molecule is CC(=O)Cc1ccc(NC(=O)[C@H](C)NC(=O)[C@H](CCCN=C(C)N)NC(=O)C(C)C)cc1. The van der Waals surface area contributed by atoms with Crippen molar-refractivity contribution < 1.29 is 19.2 Å². The highest BCUT2D eigenvalue weighted by molar-refractivity contribution is 5.98. The fraction of sp³-hybridized carbons (Fsp3) is 0.522. The number of Topliss-reactive ketones (excluding diaryl/α,β-unsaturated/α-hetero) is 1. The minimum absolute atomic E-state index is 0.0576. The number of benzene rings is 1. The Labute approximate surface area is 189 Å². The molecule has 1 aromatic carbocycles. The Kier molecular flexibility index (Phi) is 11.1. The summed E-state index contributed by atoms with van der Waals surface area (Å²) in [4.78, 5) is 52.6. The summed E-state index contributed by atoms with van der Waals surface area (Å²) >= 11 is 0. The molecule has 0 saturated carbocycles. The first-order valence-corrected chi connectivity index (χ1v) is 10.8.